The van der Waals surface area contributed by atoms with Crippen molar-refractivity contribution in [3.05, 3.63) is 52.8 Å². The van der Waals surface area contributed by atoms with Gasteiger partial charge in [-0.3, -0.25) is 9.36 Å². The van der Waals surface area contributed by atoms with Crippen molar-refractivity contribution in [2.75, 3.05) is 5.32 Å². The molecule has 2 aromatic heterocycles. The fraction of sp³-hybridized carbons (Fsp3) is 0.133. The van der Waals surface area contributed by atoms with Crippen LogP contribution in [-0.4, -0.2) is 20.4 Å². The summed E-state index contributed by atoms with van der Waals surface area (Å²) >= 11 is 9.04. The van der Waals surface area contributed by atoms with Gasteiger partial charge in [0, 0.05) is 41.2 Å². The van der Waals surface area contributed by atoms with E-state index in [1.807, 2.05) is 40.4 Å². The number of amides is 1. The standard InChI is InChI=1S/C15H13ClN4OS2/c1-10(21)18-14-19-12(8-22-14)9-23-15-17-5-6-20(15)13-4-2-3-11(16)7-13/h2-8H,9H2,1H3,(H,18,19,21). The second-order valence-electron chi connectivity index (χ2n) is 4.67. The molecular formula is C15H13ClN4OS2. The third kappa shape index (κ3) is 4.13. The number of carbonyl (C=O) groups excluding carboxylic acids is 1. The fourth-order valence-electron chi connectivity index (χ4n) is 1.94. The Morgan fingerprint density at radius 2 is 2.35 bits per heavy atom. The molecule has 0 saturated carbocycles. The summed E-state index contributed by atoms with van der Waals surface area (Å²) in [6.07, 6.45) is 3.66. The molecule has 0 fully saturated rings. The maximum Gasteiger partial charge on any atom is 0.223 e. The van der Waals surface area contributed by atoms with Crippen molar-refractivity contribution in [3.63, 3.8) is 0 Å². The topological polar surface area (TPSA) is 59.8 Å². The van der Waals surface area contributed by atoms with E-state index in [1.165, 1.54) is 18.3 Å². The SMILES string of the molecule is CC(=O)Nc1nc(CSc2nccn2-c2cccc(Cl)c2)cs1. The number of thioether (sulfide) groups is 1. The maximum atomic E-state index is 11.0. The number of hydrogen-bond acceptors (Lipinski definition) is 5. The lowest BCUT2D eigenvalue weighted by atomic mass is 10.3. The molecule has 0 unspecified atom stereocenters. The lowest BCUT2D eigenvalue weighted by Gasteiger charge is -2.07. The highest BCUT2D eigenvalue weighted by Crippen LogP contribution is 2.26. The van der Waals surface area contributed by atoms with Crippen molar-refractivity contribution in [1.82, 2.24) is 14.5 Å². The number of rotatable bonds is 5. The molecule has 5 nitrogen and oxygen atoms in total. The van der Waals surface area contributed by atoms with E-state index in [4.69, 9.17) is 11.6 Å². The van der Waals surface area contributed by atoms with Crippen molar-refractivity contribution >= 4 is 45.7 Å². The van der Waals surface area contributed by atoms with Gasteiger partial charge in [0.2, 0.25) is 5.91 Å². The lowest BCUT2D eigenvalue weighted by molar-refractivity contribution is -0.114. The smallest absolute Gasteiger partial charge is 0.223 e. The molecule has 8 heteroatoms. The van der Waals surface area contributed by atoms with E-state index >= 15 is 0 Å². The molecule has 0 aliphatic heterocycles. The average molecular weight is 365 g/mol. The second-order valence-corrected chi connectivity index (χ2v) is 6.91. The highest BCUT2D eigenvalue weighted by molar-refractivity contribution is 7.98. The van der Waals surface area contributed by atoms with Gasteiger partial charge < -0.3 is 5.32 Å². The van der Waals surface area contributed by atoms with Crippen molar-refractivity contribution < 1.29 is 4.79 Å². The first-order valence-corrected chi connectivity index (χ1v) is 9.00. The zero-order chi connectivity index (χ0) is 16.2. The molecule has 2 heterocycles. The molecular weight excluding hydrogens is 352 g/mol. The normalized spacial score (nSPS) is 10.7. The molecule has 3 rings (SSSR count). The van der Waals surface area contributed by atoms with Gasteiger partial charge in [0.05, 0.1) is 5.69 Å². The molecule has 0 radical (unpaired) electrons. The number of thiazole rings is 1. The summed E-state index contributed by atoms with van der Waals surface area (Å²) in [5.41, 5.74) is 1.87. The van der Waals surface area contributed by atoms with Crippen LogP contribution in [0, 0.1) is 0 Å². The molecule has 0 aliphatic carbocycles. The number of imidazole rings is 1. The van der Waals surface area contributed by atoms with Gasteiger partial charge in [0.15, 0.2) is 10.3 Å². The minimum Gasteiger partial charge on any atom is -0.302 e. The molecule has 0 saturated heterocycles. The quantitative estimate of drug-likeness (QED) is 0.688. The number of carbonyl (C=O) groups is 1. The van der Waals surface area contributed by atoms with Gasteiger partial charge in [-0.05, 0) is 18.2 Å². The van der Waals surface area contributed by atoms with Gasteiger partial charge in [0.25, 0.3) is 0 Å². The number of anilines is 1. The molecule has 3 aromatic rings. The Morgan fingerprint density at radius 1 is 1.48 bits per heavy atom. The van der Waals surface area contributed by atoms with E-state index in [9.17, 15) is 4.79 Å². The van der Waals surface area contributed by atoms with Crippen LogP contribution < -0.4 is 5.32 Å². The van der Waals surface area contributed by atoms with Crippen LogP contribution in [0.2, 0.25) is 5.02 Å². The van der Waals surface area contributed by atoms with E-state index in [0.717, 1.165) is 16.5 Å². The predicted octanol–water partition coefficient (Wildman–Crippen LogP) is 4.23. The third-order valence-corrected chi connectivity index (χ3v) is 4.92. The van der Waals surface area contributed by atoms with Crippen LogP contribution in [-0.2, 0) is 10.5 Å². The molecule has 0 aliphatic rings. The van der Waals surface area contributed by atoms with Crippen LogP contribution >= 0.6 is 34.7 Å². The summed E-state index contributed by atoms with van der Waals surface area (Å²) in [4.78, 5) is 19.8. The Kier molecular flexibility index (Phi) is 5.00. The van der Waals surface area contributed by atoms with Crippen LogP contribution in [0.15, 0.2) is 47.2 Å². The second kappa shape index (κ2) is 7.16. The van der Waals surface area contributed by atoms with Gasteiger partial charge in [-0.25, -0.2) is 9.97 Å². The minimum atomic E-state index is -0.116. The highest BCUT2D eigenvalue weighted by atomic mass is 35.5. The summed E-state index contributed by atoms with van der Waals surface area (Å²) in [7, 11) is 0. The van der Waals surface area contributed by atoms with Crippen LogP contribution in [0.3, 0.4) is 0 Å². The largest absolute Gasteiger partial charge is 0.302 e. The van der Waals surface area contributed by atoms with E-state index in [-0.39, 0.29) is 5.91 Å². The first kappa shape index (κ1) is 16.0. The monoisotopic (exact) mass is 364 g/mol. The summed E-state index contributed by atoms with van der Waals surface area (Å²) < 4.78 is 1.98. The number of aromatic nitrogens is 3. The molecule has 118 valence electrons. The lowest BCUT2D eigenvalue weighted by Crippen LogP contribution is -2.05. The first-order valence-electron chi connectivity index (χ1n) is 6.76. The van der Waals surface area contributed by atoms with Crippen LogP contribution in [0.25, 0.3) is 5.69 Å². The molecule has 0 atom stereocenters. The number of nitrogens with zero attached hydrogens (tertiary/aromatic N) is 3. The number of nitrogens with one attached hydrogen (secondary N) is 1. The predicted molar refractivity (Wildman–Crippen MR) is 94.6 cm³/mol. The summed E-state index contributed by atoms with van der Waals surface area (Å²) in [6.45, 7) is 1.47. The molecule has 0 bridgehead atoms. The van der Waals surface area contributed by atoms with Crippen molar-refractivity contribution in [1.29, 1.82) is 0 Å². The van der Waals surface area contributed by atoms with Crippen LogP contribution in [0.1, 0.15) is 12.6 Å². The Balaban J connectivity index is 1.71. The zero-order valence-electron chi connectivity index (χ0n) is 12.2. The first-order chi connectivity index (χ1) is 11.1. The summed E-state index contributed by atoms with van der Waals surface area (Å²) in [6, 6.07) is 7.63. The van der Waals surface area contributed by atoms with Crippen LogP contribution in [0.5, 0.6) is 0 Å². The summed E-state index contributed by atoms with van der Waals surface area (Å²) in [5, 5.41) is 6.79. The highest BCUT2D eigenvalue weighted by Gasteiger charge is 2.09. The van der Waals surface area contributed by atoms with Gasteiger partial charge in [-0.1, -0.05) is 29.4 Å². The third-order valence-electron chi connectivity index (χ3n) is 2.88. The van der Waals surface area contributed by atoms with E-state index < -0.39 is 0 Å². The summed E-state index contributed by atoms with van der Waals surface area (Å²) in [5.74, 6) is 0.559. The number of benzene rings is 1. The van der Waals surface area contributed by atoms with E-state index in [2.05, 4.69) is 15.3 Å². The Morgan fingerprint density at radius 3 is 3.13 bits per heavy atom. The molecule has 1 N–H and O–H groups in total. The maximum absolute atomic E-state index is 11.0. The Bertz CT molecular complexity index is 830. The van der Waals surface area contributed by atoms with E-state index in [1.54, 1.807) is 18.0 Å². The fourth-order valence-corrected chi connectivity index (χ4v) is 3.85. The Labute approximate surface area is 146 Å². The van der Waals surface area contributed by atoms with Gasteiger partial charge in [-0.15, -0.1) is 11.3 Å². The van der Waals surface area contributed by atoms with E-state index in [0.29, 0.717) is 15.9 Å². The average Bonchev–Trinajstić information content (AvgIpc) is 3.13. The zero-order valence-corrected chi connectivity index (χ0v) is 14.6. The van der Waals surface area contributed by atoms with Crippen molar-refractivity contribution in [2.45, 2.75) is 17.8 Å². The number of hydrogen-bond donors (Lipinski definition) is 1. The molecule has 1 amide bonds. The van der Waals surface area contributed by atoms with Crippen molar-refractivity contribution in [2.24, 2.45) is 0 Å². The van der Waals surface area contributed by atoms with Crippen LogP contribution in [0.4, 0.5) is 5.13 Å². The van der Waals surface area contributed by atoms with Gasteiger partial charge in [-0.2, -0.15) is 0 Å². The van der Waals surface area contributed by atoms with Crippen molar-refractivity contribution in [3.8, 4) is 5.69 Å². The molecule has 0 spiro atoms. The number of halogens is 1. The van der Waals surface area contributed by atoms with Gasteiger partial charge in [0.1, 0.15) is 0 Å². The minimum absolute atomic E-state index is 0.116. The van der Waals surface area contributed by atoms with Gasteiger partial charge >= 0.3 is 0 Å². The Hall–Kier alpha value is -1.83. The molecule has 23 heavy (non-hydrogen) atoms. The molecule has 1 aromatic carbocycles.